The zero-order valence-electron chi connectivity index (χ0n) is 17.1. The summed E-state index contributed by atoms with van der Waals surface area (Å²) in [5.41, 5.74) is -0.551. The van der Waals surface area contributed by atoms with Crippen LogP contribution in [0, 0.1) is 21.8 Å². The molecule has 2 aliphatic heterocycles. The second-order valence-electron chi connectivity index (χ2n) is 7.83. The van der Waals surface area contributed by atoms with Gasteiger partial charge < -0.3 is 9.80 Å². The van der Waals surface area contributed by atoms with Crippen molar-refractivity contribution in [3.05, 3.63) is 34.1 Å². The van der Waals surface area contributed by atoms with Crippen LogP contribution in [-0.2, 0) is 19.6 Å². The maximum Gasteiger partial charge on any atom is 0.306 e. The zero-order valence-corrected chi connectivity index (χ0v) is 17.9. The fraction of sp³-hybridized carbons (Fsp3) is 0.579. The lowest BCUT2D eigenvalue weighted by molar-refractivity contribution is -0.387. The van der Waals surface area contributed by atoms with Crippen molar-refractivity contribution in [3.63, 3.8) is 0 Å². The number of hydrogen-bond acceptors (Lipinski definition) is 6. The van der Waals surface area contributed by atoms with Crippen molar-refractivity contribution in [3.8, 4) is 0 Å². The molecule has 2 fully saturated rings. The number of amides is 2. The summed E-state index contributed by atoms with van der Waals surface area (Å²) in [5, 5.41) is 11.0. The van der Waals surface area contributed by atoms with Gasteiger partial charge in [-0.1, -0.05) is 6.92 Å². The van der Waals surface area contributed by atoms with Gasteiger partial charge >= 0.3 is 5.69 Å². The minimum atomic E-state index is -3.32. The molecule has 0 bridgehead atoms. The van der Waals surface area contributed by atoms with Crippen LogP contribution in [0.2, 0.25) is 0 Å². The SMILES string of the molecule is CCCS(=O)(=O)NC1CCN(C(=O)C2CC(=O)N(c3ccc(F)c([N+](=O)[O-])c3)C2)CC1. The average Bonchev–Trinajstić information content (AvgIpc) is 3.09. The Balaban J connectivity index is 1.60. The van der Waals surface area contributed by atoms with Crippen molar-refractivity contribution in [2.75, 3.05) is 30.3 Å². The third-order valence-electron chi connectivity index (χ3n) is 5.54. The number of hydrogen-bond donors (Lipinski definition) is 1. The van der Waals surface area contributed by atoms with E-state index in [2.05, 4.69) is 4.72 Å². The van der Waals surface area contributed by atoms with E-state index in [-0.39, 0.29) is 42.3 Å². The molecule has 12 heteroatoms. The minimum absolute atomic E-state index is 0.0347. The first-order valence-electron chi connectivity index (χ1n) is 10.1. The summed E-state index contributed by atoms with van der Waals surface area (Å²) < 4.78 is 40.1. The predicted octanol–water partition coefficient (Wildman–Crippen LogP) is 1.41. The fourth-order valence-electron chi connectivity index (χ4n) is 3.99. The van der Waals surface area contributed by atoms with Crippen molar-refractivity contribution in [2.24, 2.45) is 5.92 Å². The third kappa shape index (κ3) is 5.37. The lowest BCUT2D eigenvalue weighted by Crippen LogP contribution is -2.48. The number of nitrogens with zero attached hydrogens (tertiary/aromatic N) is 3. The van der Waals surface area contributed by atoms with Crippen molar-refractivity contribution in [1.82, 2.24) is 9.62 Å². The summed E-state index contributed by atoms with van der Waals surface area (Å²) in [6, 6.07) is 2.98. The molecule has 1 atom stereocenters. The van der Waals surface area contributed by atoms with Crippen LogP contribution in [0.3, 0.4) is 0 Å². The van der Waals surface area contributed by atoms with Gasteiger partial charge in [-0.05, 0) is 31.4 Å². The van der Waals surface area contributed by atoms with E-state index in [0.717, 1.165) is 12.1 Å². The second kappa shape index (κ2) is 9.27. The van der Waals surface area contributed by atoms with Gasteiger partial charge in [-0.3, -0.25) is 19.7 Å². The quantitative estimate of drug-likeness (QED) is 0.488. The van der Waals surface area contributed by atoms with Gasteiger partial charge in [0.25, 0.3) is 0 Å². The first-order chi connectivity index (χ1) is 14.6. The number of halogens is 1. The molecule has 2 amide bonds. The normalized spacial score (nSPS) is 20.3. The lowest BCUT2D eigenvalue weighted by atomic mass is 10.0. The Bertz CT molecular complexity index is 978. The number of rotatable bonds is 7. The van der Waals surface area contributed by atoms with Gasteiger partial charge in [0, 0.05) is 38.2 Å². The third-order valence-corrected chi connectivity index (χ3v) is 7.18. The van der Waals surface area contributed by atoms with Crippen LogP contribution >= 0.6 is 0 Å². The van der Waals surface area contributed by atoms with E-state index in [1.165, 1.54) is 11.0 Å². The van der Waals surface area contributed by atoms with Gasteiger partial charge in [-0.2, -0.15) is 4.39 Å². The zero-order chi connectivity index (χ0) is 22.8. The fourth-order valence-corrected chi connectivity index (χ4v) is 5.39. The molecular weight excluding hydrogens is 431 g/mol. The number of benzene rings is 1. The molecule has 0 spiro atoms. The number of nitro groups is 1. The van der Waals surface area contributed by atoms with E-state index in [1.807, 2.05) is 0 Å². The van der Waals surface area contributed by atoms with E-state index < -0.39 is 32.4 Å². The lowest BCUT2D eigenvalue weighted by Gasteiger charge is -2.33. The van der Waals surface area contributed by atoms with Crippen LogP contribution in [0.5, 0.6) is 0 Å². The van der Waals surface area contributed by atoms with E-state index in [9.17, 15) is 32.5 Å². The topological polar surface area (TPSA) is 130 Å². The van der Waals surface area contributed by atoms with Crippen molar-refractivity contribution in [1.29, 1.82) is 0 Å². The highest BCUT2D eigenvalue weighted by molar-refractivity contribution is 7.89. The smallest absolute Gasteiger partial charge is 0.306 e. The monoisotopic (exact) mass is 456 g/mol. The number of sulfonamides is 1. The maximum absolute atomic E-state index is 13.6. The number of anilines is 1. The number of carbonyl (C=O) groups excluding carboxylic acids is 2. The molecule has 2 aliphatic rings. The summed E-state index contributed by atoms with van der Waals surface area (Å²) >= 11 is 0. The summed E-state index contributed by atoms with van der Waals surface area (Å²) in [6.45, 7) is 2.61. The Kier molecular flexibility index (Phi) is 6.90. The predicted molar refractivity (Wildman–Crippen MR) is 110 cm³/mol. The van der Waals surface area contributed by atoms with E-state index >= 15 is 0 Å². The summed E-state index contributed by atoms with van der Waals surface area (Å²) in [5.74, 6) is -2.10. The molecule has 0 saturated carbocycles. The second-order valence-corrected chi connectivity index (χ2v) is 9.71. The Morgan fingerprint density at radius 2 is 2.00 bits per heavy atom. The van der Waals surface area contributed by atoms with Crippen LogP contribution in [-0.4, -0.2) is 61.5 Å². The van der Waals surface area contributed by atoms with Crippen LogP contribution in [0.15, 0.2) is 18.2 Å². The summed E-state index contributed by atoms with van der Waals surface area (Å²) in [4.78, 5) is 38.3. The Morgan fingerprint density at radius 3 is 2.61 bits per heavy atom. The Morgan fingerprint density at radius 1 is 1.32 bits per heavy atom. The number of carbonyl (C=O) groups is 2. The minimum Gasteiger partial charge on any atom is -0.342 e. The molecule has 0 radical (unpaired) electrons. The van der Waals surface area contributed by atoms with E-state index in [4.69, 9.17) is 0 Å². The van der Waals surface area contributed by atoms with Gasteiger partial charge in [0.15, 0.2) is 0 Å². The highest BCUT2D eigenvalue weighted by Crippen LogP contribution is 2.30. The Hall–Kier alpha value is -2.60. The van der Waals surface area contributed by atoms with Gasteiger partial charge in [-0.25, -0.2) is 13.1 Å². The molecule has 10 nitrogen and oxygen atoms in total. The highest BCUT2D eigenvalue weighted by Gasteiger charge is 2.39. The molecule has 2 saturated heterocycles. The van der Waals surface area contributed by atoms with E-state index in [0.29, 0.717) is 32.4 Å². The largest absolute Gasteiger partial charge is 0.342 e. The molecule has 31 heavy (non-hydrogen) atoms. The van der Waals surface area contributed by atoms with Gasteiger partial charge in [0.1, 0.15) is 0 Å². The standard InChI is InChI=1S/C19H25FN4O6S/c1-2-9-31(29,30)21-14-5-7-22(8-6-14)19(26)13-10-18(25)23(12-13)15-3-4-16(20)17(11-15)24(27)28/h3-4,11,13-14,21H,2,5-10,12H2,1H3. The van der Waals surface area contributed by atoms with Crippen LogP contribution in [0.4, 0.5) is 15.8 Å². The van der Waals surface area contributed by atoms with Crippen molar-refractivity contribution < 1.29 is 27.3 Å². The number of likely N-dealkylation sites (tertiary alicyclic amines) is 1. The summed E-state index contributed by atoms with van der Waals surface area (Å²) in [7, 11) is -3.32. The molecule has 3 rings (SSSR count). The van der Waals surface area contributed by atoms with Gasteiger partial charge in [0.2, 0.25) is 27.7 Å². The molecule has 170 valence electrons. The van der Waals surface area contributed by atoms with Crippen molar-refractivity contribution >= 4 is 33.2 Å². The first kappa shape index (κ1) is 23.1. The molecular formula is C19H25FN4O6S. The molecule has 1 aromatic carbocycles. The molecule has 1 unspecified atom stereocenters. The molecule has 1 N–H and O–H groups in total. The van der Waals surface area contributed by atoms with E-state index in [1.54, 1.807) is 11.8 Å². The molecule has 1 aromatic rings. The average molecular weight is 456 g/mol. The number of nitrogens with one attached hydrogen (secondary N) is 1. The number of piperidine rings is 1. The van der Waals surface area contributed by atoms with Crippen LogP contribution in [0.25, 0.3) is 0 Å². The highest BCUT2D eigenvalue weighted by atomic mass is 32.2. The molecule has 2 heterocycles. The van der Waals surface area contributed by atoms with Crippen LogP contribution < -0.4 is 9.62 Å². The Labute approximate surface area is 179 Å². The maximum atomic E-state index is 13.6. The van der Waals surface area contributed by atoms with Crippen molar-refractivity contribution in [2.45, 2.75) is 38.6 Å². The summed E-state index contributed by atoms with van der Waals surface area (Å²) in [6.07, 6.45) is 1.47. The first-order valence-corrected chi connectivity index (χ1v) is 11.8. The van der Waals surface area contributed by atoms with Gasteiger partial charge in [-0.15, -0.1) is 0 Å². The molecule has 0 aromatic heterocycles. The van der Waals surface area contributed by atoms with Gasteiger partial charge in [0.05, 0.1) is 22.3 Å². The number of nitro benzene ring substituents is 1. The van der Waals surface area contributed by atoms with Crippen LogP contribution in [0.1, 0.15) is 32.6 Å². The molecule has 0 aliphatic carbocycles.